The van der Waals surface area contributed by atoms with Gasteiger partial charge in [0.25, 0.3) is 5.91 Å². The van der Waals surface area contributed by atoms with Crippen LogP contribution in [0.4, 0.5) is 5.69 Å². The van der Waals surface area contributed by atoms with Crippen LogP contribution in [-0.4, -0.2) is 29.9 Å². The molecule has 0 bridgehead atoms. The quantitative estimate of drug-likeness (QED) is 0.789. The van der Waals surface area contributed by atoms with Crippen LogP contribution >= 0.6 is 11.6 Å². The van der Waals surface area contributed by atoms with Gasteiger partial charge in [-0.2, -0.15) is 0 Å². The van der Waals surface area contributed by atoms with Gasteiger partial charge in [0.05, 0.1) is 22.4 Å². The lowest BCUT2D eigenvalue weighted by Crippen LogP contribution is -2.19. The number of anilines is 1. The second kappa shape index (κ2) is 5.61. The van der Waals surface area contributed by atoms with Crippen molar-refractivity contribution in [2.75, 3.05) is 12.4 Å². The van der Waals surface area contributed by atoms with Gasteiger partial charge >= 0.3 is 5.97 Å². The van der Waals surface area contributed by atoms with E-state index in [1.165, 1.54) is 19.2 Å². The van der Waals surface area contributed by atoms with E-state index in [1.807, 2.05) is 0 Å². The Bertz CT molecular complexity index is 657. The number of carboxylic acids is 1. The highest BCUT2D eigenvalue weighted by atomic mass is 35.5. The number of aliphatic carboxylic acids is 1. The Morgan fingerprint density at radius 2 is 1.86 bits per heavy atom. The second-order valence-electron chi connectivity index (χ2n) is 5.88. The third kappa shape index (κ3) is 2.78. The first kappa shape index (κ1) is 16.3. The van der Waals surface area contributed by atoms with Gasteiger partial charge in [0.15, 0.2) is 0 Å². The van der Waals surface area contributed by atoms with E-state index in [1.54, 1.807) is 19.9 Å². The molecule has 2 rings (SSSR count). The number of hydrogen-bond acceptors (Lipinski definition) is 3. The molecule has 2 atom stereocenters. The molecule has 22 heavy (non-hydrogen) atoms. The number of rotatable bonds is 4. The molecule has 0 spiro atoms. The summed E-state index contributed by atoms with van der Waals surface area (Å²) in [6.07, 6.45) is 0. The van der Waals surface area contributed by atoms with E-state index >= 15 is 0 Å². The van der Waals surface area contributed by atoms with Crippen molar-refractivity contribution in [2.45, 2.75) is 13.8 Å². The summed E-state index contributed by atoms with van der Waals surface area (Å²) in [5.41, 5.74) is 0.161. The molecule has 1 aromatic rings. The van der Waals surface area contributed by atoms with Gasteiger partial charge < -0.3 is 15.7 Å². The highest BCUT2D eigenvalue weighted by Crippen LogP contribution is 2.58. The Hall–Kier alpha value is -2.08. The fraction of sp³-hybridized carbons (Fsp3) is 0.400. The van der Waals surface area contributed by atoms with Gasteiger partial charge in [-0.3, -0.25) is 14.4 Å². The van der Waals surface area contributed by atoms with Gasteiger partial charge in [0.1, 0.15) is 0 Å². The van der Waals surface area contributed by atoms with Crippen molar-refractivity contribution in [3.8, 4) is 0 Å². The molecule has 1 fully saturated rings. The topological polar surface area (TPSA) is 95.5 Å². The largest absolute Gasteiger partial charge is 0.481 e. The molecule has 1 saturated carbocycles. The van der Waals surface area contributed by atoms with Crippen molar-refractivity contribution >= 4 is 35.1 Å². The van der Waals surface area contributed by atoms with Crippen molar-refractivity contribution in [3.05, 3.63) is 28.8 Å². The number of carbonyl (C=O) groups excluding carboxylic acids is 2. The Kier molecular flexibility index (Phi) is 4.15. The fourth-order valence-corrected chi connectivity index (χ4v) is 2.99. The zero-order valence-corrected chi connectivity index (χ0v) is 13.2. The van der Waals surface area contributed by atoms with Gasteiger partial charge in [-0.15, -0.1) is 0 Å². The van der Waals surface area contributed by atoms with Crippen LogP contribution in [0.25, 0.3) is 0 Å². The number of carboxylic acid groups (broad SMARTS) is 1. The number of hydrogen-bond donors (Lipinski definition) is 3. The average molecular weight is 325 g/mol. The van der Waals surface area contributed by atoms with Crippen LogP contribution in [0.5, 0.6) is 0 Å². The predicted octanol–water partition coefficient (Wildman–Crippen LogP) is 1.99. The van der Waals surface area contributed by atoms with Crippen LogP contribution in [0.3, 0.4) is 0 Å². The smallest absolute Gasteiger partial charge is 0.307 e. The number of amides is 2. The van der Waals surface area contributed by atoms with E-state index in [0.29, 0.717) is 11.3 Å². The molecule has 0 saturated heterocycles. The number of carbonyl (C=O) groups is 3. The van der Waals surface area contributed by atoms with Crippen LogP contribution in [0.2, 0.25) is 5.02 Å². The van der Waals surface area contributed by atoms with Crippen molar-refractivity contribution in [1.29, 1.82) is 0 Å². The van der Waals surface area contributed by atoms with Gasteiger partial charge in [-0.25, -0.2) is 0 Å². The Morgan fingerprint density at radius 3 is 2.32 bits per heavy atom. The van der Waals surface area contributed by atoms with Crippen LogP contribution in [0.15, 0.2) is 18.2 Å². The molecule has 2 amide bonds. The number of benzene rings is 1. The molecule has 7 heteroatoms. The highest BCUT2D eigenvalue weighted by molar-refractivity contribution is 6.34. The molecular weight excluding hydrogens is 308 g/mol. The summed E-state index contributed by atoms with van der Waals surface area (Å²) < 4.78 is 0. The molecule has 0 unspecified atom stereocenters. The van der Waals surface area contributed by atoms with Gasteiger partial charge in [-0.1, -0.05) is 25.4 Å². The minimum Gasteiger partial charge on any atom is -0.481 e. The SMILES string of the molecule is CNC(=O)c1ccc(NC(=O)[C@@H]2[C@@H](C(=O)O)C2(C)C)cc1Cl. The normalized spacial score (nSPS) is 21.8. The van der Waals surface area contributed by atoms with E-state index in [-0.39, 0.29) is 16.8 Å². The first-order valence-electron chi connectivity index (χ1n) is 6.75. The molecule has 0 radical (unpaired) electrons. The Morgan fingerprint density at radius 1 is 1.23 bits per heavy atom. The maximum atomic E-state index is 12.2. The highest BCUT2D eigenvalue weighted by Gasteiger charge is 2.65. The zero-order chi connectivity index (χ0) is 16.7. The molecule has 0 aliphatic heterocycles. The summed E-state index contributed by atoms with van der Waals surface area (Å²) in [5, 5.41) is 14.4. The third-order valence-electron chi connectivity index (χ3n) is 4.08. The molecule has 3 N–H and O–H groups in total. The van der Waals surface area contributed by atoms with Gasteiger partial charge in [0, 0.05) is 12.7 Å². The predicted molar refractivity (Wildman–Crippen MR) is 81.9 cm³/mol. The second-order valence-corrected chi connectivity index (χ2v) is 6.29. The minimum absolute atomic E-state index is 0.210. The van der Waals surface area contributed by atoms with Gasteiger partial charge in [-0.05, 0) is 23.6 Å². The van der Waals surface area contributed by atoms with E-state index in [0.717, 1.165) is 0 Å². The van der Waals surface area contributed by atoms with Gasteiger partial charge in [0.2, 0.25) is 5.91 Å². The van der Waals surface area contributed by atoms with E-state index in [4.69, 9.17) is 16.7 Å². The molecule has 1 aliphatic rings. The van der Waals surface area contributed by atoms with Crippen LogP contribution in [0.1, 0.15) is 24.2 Å². The molecule has 1 aliphatic carbocycles. The van der Waals surface area contributed by atoms with E-state index in [2.05, 4.69) is 10.6 Å². The first-order valence-corrected chi connectivity index (χ1v) is 7.13. The molecular formula is C15H17ClN2O4. The Balaban J connectivity index is 2.12. The lowest BCUT2D eigenvalue weighted by atomic mass is 10.1. The van der Waals surface area contributed by atoms with E-state index in [9.17, 15) is 14.4 Å². The lowest BCUT2D eigenvalue weighted by molar-refractivity contribution is -0.140. The van der Waals surface area contributed by atoms with Crippen molar-refractivity contribution < 1.29 is 19.5 Å². The summed E-state index contributed by atoms with van der Waals surface area (Å²) in [6.45, 7) is 3.50. The van der Waals surface area contributed by atoms with Crippen molar-refractivity contribution in [1.82, 2.24) is 5.32 Å². The monoisotopic (exact) mass is 324 g/mol. The van der Waals surface area contributed by atoms with Crippen molar-refractivity contribution in [3.63, 3.8) is 0 Å². The van der Waals surface area contributed by atoms with Crippen molar-refractivity contribution in [2.24, 2.45) is 17.3 Å². The third-order valence-corrected chi connectivity index (χ3v) is 4.40. The molecule has 118 valence electrons. The fourth-order valence-electron chi connectivity index (χ4n) is 2.72. The molecule has 1 aromatic carbocycles. The summed E-state index contributed by atoms with van der Waals surface area (Å²) in [7, 11) is 1.50. The number of nitrogens with one attached hydrogen (secondary N) is 2. The standard InChI is InChI=1S/C15H17ClN2O4/c1-15(2)10(11(15)14(21)22)13(20)18-7-4-5-8(9(16)6-7)12(19)17-3/h4-6,10-11H,1-3H3,(H,17,19)(H,18,20)(H,21,22)/t10-,11-/m0/s1. The van der Waals surface area contributed by atoms with Crippen LogP contribution in [-0.2, 0) is 9.59 Å². The van der Waals surface area contributed by atoms with E-state index < -0.39 is 23.2 Å². The molecule has 0 aromatic heterocycles. The summed E-state index contributed by atoms with van der Waals surface area (Å²) in [5.74, 6) is -2.92. The first-order chi connectivity index (χ1) is 10.2. The summed E-state index contributed by atoms with van der Waals surface area (Å²) >= 11 is 6.01. The average Bonchev–Trinajstić information content (AvgIpc) is 3.01. The summed E-state index contributed by atoms with van der Waals surface area (Å²) in [4.78, 5) is 34.8. The molecule has 6 nitrogen and oxygen atoms in total. The van der Waals surface area contributed by atoms with Crippen LogP contribution < -0.4 is 10.6 Å². The maximum Gasteiger partial charge on any atom is 0.307 e. The summed E-state index contributed by atoms with van der Waals surface area (Å²) in [6, 6.07) is 4.53. The lowest BCUT2D eigenvalue weighted by Gasteiger charge is -2.08. The van der Waals surface area contributed by atoms with Crippen LogP contribution in [0, 0.1) is 17.3 Å². The molecule has 0 heterocycles. The minimum atomic E-state index is -0.974. The Labute approximate surface area is 132 Å². The maximum absolute atomic E-state index is 12.2. The number of halogens is 1. The zero-order valence-electron chi connectivity index (χ0n) is 12.4.